The maximum atomic E-state index is 12.2. The van der Waals surface area contributed by atoms with E-state index in [0.717, 1.165) is 0 Å². The lowest BCUT2D eigenvalue weighted by atomic mass is 9.85. The van der Waals surface area contributed by atoms with E-state index in [-0.39, 0.29) is 17.5 Å². The number of hydrogen-bond acceptors (Lipinski definition) is 4. The van der Waals surface area contributed by atoms with Crippen LogP contribution in [-0.4, -0.2) is 59.1 Å². The van der Waals surface area contributed by atoms with Crippen LogP contribution >= 0.6 is 0 Å². The molecule has 6 nitrogen and oxygen atoms in total. The van der Waals surface area contributed by atoms with Crippen LogP contribution in [0, 0.1) is 0 Å². The topological polar surface area (TPSA) is 61.9 Å². The number of carbonyl (C=O) groups is 2. The summed E-state index contributed by atoms with van der Waals surface area (Å²) >= 11 is 0. The Morgan fingerprint density at radius 1 is 1.25 bits per heavy atom. The number of hydrogen-bond donors (Lipinski definition) is 1. The first kappa shape index (κ1) is 16.8. The van der Waals surface area contributed by atoms with E-state index in [1.165, 1.54) is 5.56 Å². The van der Waals surface area contributed by atoms with Gasteiger partial charge in [-0.15, -0.1) is 0 Å². The number of piperazine rings is 1. The molecule has 1 aromatic rings. The van der Waals surface area contributed by atoms with E-state index in [1.807, 2.05) is 39.0 Å². The van der Waals surface area contributed by atoms with Gasteiger partial charge in [0.1, 0.15) is 5.60 Å². The van der Waals surface area contributed by atoms with Gasteiger partial charge in [-0.25, -0.2) is 4.79 Å². The predicted octanol–water partition coefficient (Wildman–Crippen LogP) is 1.61. The lowest BCUT2D eigenvalue weighted by Gasteiger charge is -2.57. The summed E-state index contributed by atoms with van der Waals surface area (Å²) in [4.78, 5) is 27.9. The summed E-state index contributed by atoms with van der Waals surface area (Å²) in [6.07, 6.45) is -0.287. The fourth-order valence-corrected chi connectivity index (χ4v) is 3.23. The molecule has 0 saturated carbocycles. The van der Waals surface area contributed by atoms with Gasteiger partial charge in [-0.2, -0.15) is 0 Å². The minimum Gasteiger partial charge on any atom is -0.444 e. The molecule has 0 unspecified atom stereocenters. The summed E-state index contributed by atoms with van der Waals surface area (Å²) in [6.45, 7) is 8.38. The van der Waals surface area contributed by atoms with Crippen LogP contribution in [0.5, 0.6) is 0 Å². The SMILES string of the molecule is CC(C)(C)OC(=O)N1CC2(CNC(=O)CN2Cc2ccccc2)C1. The molecule has 1 spiro atoms. The maximum absolute atomic E-state index is 12.2. The highest BCUT2D eigenvalue weighted by Crippen LogP contribution is 2.32. The van der Waals surface area contributed by atoms with Gasteiger partial charge >= 0.3 is 6.09 Å². The van der Waals surface area contributed by atoms with Gasteiger partial charge in [0.15, 0.2) is 0 Å². The molecule has 2 aliphatic heterocycles. The van der Waals surface area contributed by atoms with Crippen molar-refractivity contribution < 1.29 is 14.3 Å². The van der Waals surface area contributed by atoms with Crippen molar-refractivity contribution in [1.29, 1.82) is 0 Å². The Balaban J connectivity index is 1.67. The summed E-state index contributed by atoms with van der Waals surface area (Å²) in [5.74, 6) is 0.0345. The van der Waals surface area contributed by atoms with Gasteiger partial charge in [0, 0.05) is 26.2 Å². The second-order valence-electron chi connectivity index (χ2n) is 7.68. The second-order valence-corrected chi connectivity index (χ2v) is 7.68. The Kier molecular flexibility index (Phi) is 4.25. The highest BCUT2D eigenvalue weighted by molar-refractivity contribution is 5.79. The van der Waals surface area contributed by atoms with Crippen molar-refractivity contribution in [3.8, 4) is 0 Å². The van der Waals surface area contributed by atoms with Crippen molar-refractivity contribution in [1.82, 2.24) is 15.1 Å². The minimum atomic E-state index is -0.496. The Morgan fingerprint density at radius 2 is 1.92 bits per heavy atom. The standard InChI is InChI=1S/C18H25N3O3/c1-17(2,3)24-16(23)20-12-18(13-20)11-19-15(22)10-21(18)9-14-7-5-4-6-8-14/h4-8H,9-13H2,1-3H3,(H,19,22). The lowest BCUT2D eigenvalue weighted by molar-refractivity contribution is -0.136. The number of amides is 2. The van der Waals surface area contributed by atoms with Crippen LogP contribution in [0.15, 0.2) is 30.3 Å². The second kappa shape index (κ2) is 6.09. The molecular formula is C18H25N3O3. The van der Waals surface area contributed by atoms with Crippen LogP contribution in [0.25, 0.3) is 0 Å². The van der Waals surface area contributed by atoms with Gasteiger partial charge in [-0.05, 0) is 26.3 Å². The molecule has 6 heteroatoms. The first-order valence-corrected chi connectivity index (χ1v) is 8.31. The normalized spacial score (nSPS) is 20.5. The van der Waals surface area contributed by atoms with Crippen LogP contribution in [0.2, 0.25) is 0 Å². The highest BCUT2D eigenvalue weighted by atomic mass is 16.6. The van der Waals surface area contributed by atoms with Crippen LogP contribution in [0.1, 0.15) is 26.3 Å². The molecule has 0 aromatic heterocycles. The van der Waals surface area contributed by atoms with Gasteiger partial charge in [-0.1, -0.05) is 30.3 Å². The van der Waals surface area contributed by atoms with Crippen molar-refractivity contribution in [3.63, 3.8) is 0 Å². The molecule has 2 amide bonds. The van der Waals surface area contributed by atoms with Gasteiger partial charge in [-0.3, -0.25) is 9.69 Å². The Morgan fingerprint density at radius 3 is 2.54 bits per heavy atom. The number of benzene rings is 1. The van der Waals surface area contributed by atoms with E-state index in [1.54, 1.807) is 4.90 Å². The molecule has 0 radical (unpaired) electrons. The lowest BCUT2D eigenvalue weighted by Crippen LogP contribution is -2.78. The molecule has 130 valence electrons. The Hall–Kier alpha value is -2.08. The van der Waals surface area contributed by atoms with E-state index in [0.29, 0.717) is 32.7 Å². The average molecular weight is 331 g/mol. The molecule has 2 saturated heterocycles. The first-order chi connectivity index (χ1) is 11.3. The summed E-state index contributed by atoms with van der Waals surface area (Å²) in [6, 6.07) is 10.1. The summed E-state index contributed by atoms with van der Waals surface area (Å²) < 4.78 is 5.43. The summed E-state index contributed by atoms with van der Waals surface area (Å²) in [5, 5.41) is 2.94. The third kappa shape index (κ3) is 3.53. The zero-order valence-electron chi connectivity index (χ0n) is 14.5. The number of rotatable bonds is 2. The predicted molar refractivity (Wildman–Crippen MR) is 90.4 cm³/mol. The van der Waals surface area contributed by atoms with Crippen molar-refractivity contribution in [2.24, 2.45) is 0 Å². The minimum absolute atomic E-state index is 0.0345. The fraction of sp³-hybridized carbons (Fsp3) is 0.556. The molecule has 3 rings (SSSR count). The number of carbonyl (C=O) groups excluding carboxylic acids is 2. The molecule has 0 bridgehead atoms. The number of likely N-dealkylation sites (tertiary alicyclic amines) is 1. The fourth-order valence-electron chi connectivity index (χ4n) is 3.23. The molecule has 0 aliphatic carbocycles. The number of ether oxygens (including phenoxy) is 1. The summed E-state index contributed by atoms with van der Waals surface area (Å²) in [7, 11) is 0. The Bertz CT molecular complexity index is 618. The molecule has 2 fully saturated rings. The van der Waals surface area contributed by atoms with Crippen molar-refractivity contribution in [3.05, 3.63) is 35.9 Å². The van der Waals surface area contributed by atoms with E-state index in [4.69, 9.17) is 4.74 Å². The van der Waals surface area contributed by atoms with Crippen LogP contribution < -0.4 is 5.32 Å². The number of nitrogens with zero attached hydrogens (tertiary/aromatic N) is 2. The van der Waals surface area contributed by atoms with Gasteiger partial charge in [0.2, 0.25) is 5.91 Å². The zero-order chi connectivity index (χ0) is 17.4. The largest absolute Gasteiger partial charge is 0.444 e. The molecule has 24 heavy (non-hydrogen) atoms. The summed E-state index contributed by atoms with van der Waals surface area (Å²) in [5.41, 5.74) is 0.479. The van der Waals surface area contributed by atoms with Crippen LogP contribution in [0.3, 0.4) is 0 Å². The maximum Gasteiger partial charge on any atom is 0.410 e. The van der Waals surface area contributed by atoms with Crippen LogP contribution in [-0.2, 0) is 16.1 Å². The van der Waals surface area contributed by atoms with E-state index in [2.05, 4.69) is 22.3 Å². The van der Waals surface area contributed by atoms with E-state index >= 15 is 0 Å². The van der Waals surface area contributed by atoms with Crippen molar-refractivity contribution in [2.75, 3.05) is 26.2 Å². The van der Waals surface area contributed by atoms with Gasteiger partial charge in [0.05, 0.1) is 12.1 Å². The van der Waals surface area contributed by atoms with E-state index < -0.39 is 5.60 Å². The Labute approximate surface area is 142 Å². The highest BCUT2D eigenvalue weighted by Gasteiger charge is 2.52. The molecular weight excluding hydrogens is 306 g/mol. The van der Waals surface area contributed by atoms with Crippen molar-refractivity contribution in [2.45, 2.75) is 38.5 Å². The zero-order valence-corrected chi connectivity index (χ0v) is 14.5. The monoisotopic (exact) mass is 331 g/mol. The smallest absolute Gasteiger partial charge is 0.410 e. The molecule has 2 heterocycles. The van der Waals surface area contributed by atoms with Crippen molar-refractivity contribution >= 4 is 12.0 Å². The molecule has 0 atom stereocenters. The quantitative estimate of drug-likeness (QED) is 0.894. The van der Waals surface area contributed by atoms with Gasteiger partial charge in [0.25, 0.3) is 0 Å². The number of nitrogens with one attached hydrogen (secondary N) is 1. The molecule has 2 aliphatic rings. The third-order valence-electron chi connectivity index (χ3n) is 4.46. The van der Waals surface area contributed by atoms with Crippen LogP contribution in [0.4, 0.5) is 4.79 Å². The average Bonchev–Trinajstić information content (AvgIpc) is 2.44. The molecule has 1 N–H and O–H groups in total. The third-order valence-corrected chi connectivity index (χ3v) is 4.46. The van der Waals surface area contributed by atoms with E-state index in [9.17, 15) is 9.59 Å². The first-order valence-electron chi connectivity index (χ1n) is 8.31. The molecule has 1 aromatic carbocycles. The van der Waals surface area contributed by atoms with Gasteiger partial charge < -0.3 is 15.0 Å².